The molecule has 0 saturated carbocycles. The molecule has 2 atom stereocenters. The Balaban J connectivity index is 1.59. The van der Waals surface area contributed by atoms with E-state index in [-0.39, 0.29) is 18.1 Å². The SMILES string of the molecule is CCN(CC)CC(=O)N1CCCCC1[C@@H]1COC(c2ccccc2)(c2ccccc2)O1. The van der Waals surface area contributed by atoms with Crippen molar-refractivity contribution in [3.05, 3.63) is 71.8 Å². The molecule has 2 aliphatic heterocycles. The van der Waals surface area contributed by atoms with Gasteiger partial charge < -0.3 is 14.4 Å². The average molecular weight is 423 g/mol. The van der Waals surface area contributed by atoms with Crippen molar-refractivity contribution < 1.29 is 14.3 Å². The molecule has 1 unspecified atom stereocenters. The summed E-state index contributed by atoms with van der Waals surface area (Å²) in [6.07, 6.45) is 2.97. The zero-order valence-electron chi connectivity index (χ0n) is 18.7. The fourth-order valence-corrected chi connectivity index (χ4v) is 4.84. The topological polar surface area (TPSA) is 42.0 Å². The lowest BCUT2D eigenvalue weighted by molar-refractivity contribution is -0.159. The van der Waals surface area contributed by atoms with Gasteiger partial charge in [0.25, 0.3) is 0 Å². The van der Waals surface area contributed by atoms with Crippen molar-refractivity contribution in [1.82, 2.24) is 9.80 Å². The van der Waals surface area contributed by atoms with Gasteiger partial charge in [-0.3, -0.25) is 9.69 Å². The van der Waals surface area contributed by atoms with Gasteiger partial charge in [-0.25, -0.2) is 0 Å². The number of nitrogens with zero attached hydrogens (tertiary/aromatic N) is 2. The molecule has 2 fully saturated rings. The van der Waals surface area contributed by atoms with Gasteiger partial charge in [-0.05, 0) is 32.4 Å². The van der Waals surface area contributed by atoms with Gasteiger partial charge in [-0.1, -0.05) is 74.5 Å². The molecule has 0 radical (unpaired) electrons. The molecule has 4 rings (SSSR count). The molecule has 0 aromatic heterocycles. The first-order valence-corrected chi connectivity index (χ1v) is 11.6. The van der Waals surface area contributed by atoms with E-state index in [4.69, 9.17) is 9.47 Å². The van der Waals surface area contributed by atoms with Gasteiger partial charge in [0.2, 0.25) is 11.7 Å². The maximum Gasteiger partial charge on any atom is 0.237 e. The second kappa shape index (κ2) is 9.94. The quantitative estimate of drug-likeness (QED) is 0.676. The minimum absolute atomic E-state index is 0.0473. The lowest BCUT2D eigenvalue weighted by Gasteiger charge is -2.40. The monoisotopic (exact) mass is 422 g/mol. The van der Waals surface area contributed by atoms with Crippen LogP contribution in [0, 0.1) is 0 Å². The third-order valence-corrected chi connectivity index (χ3v) is 6.63. The smallest absolute Gasteiger partial charge is 0.237 e. The lowest BCUT2D eigenvalue weighted by atomic mass is 9.96. The molecule has 2 aromatic rings. The van der Waals surface area contributed by atoms with E-state index in [0.29, 0.717) is 13.2 Å². The Morgan fingerprint density at radius 2 is 1.61 bits per heavy atom. The molecule has 2 aliphatic rings. The Bertz CT molecular complexity index is 799. The second-order valence-electron chi connectivity index (χ2n) is 8.43. The van der Waals surface area contributed by atoms with Gasteiger partial charge in [-0.15, -0.1) is 0 Å². The van der Waals surface area contributed by atoms with Crippen LogP contribution in [0.3, 0.4) is 0 Å². The van der Waals surface area contributed by atoms with Gasteiger partial charge in [0, 0.05) is 17.7 Å². The molecule has 0 spiro atoms. The van der Waals surface area contributed by atoms with Crippen molar-refractivity contribution in [2.45, 2.75) is 51.0 Å². The Hall–Kier alpha value is -2.21. The number of ether oxygens (including phenoxy) is 2. The van der Waals surface area contributed by atoms with Crippen LogP contribution in [-0.4, -0.2) is 60.6 Å². The van der Waals surface area contributed by atoms with Crippen molar-refractivity contribution in [2.75, 3.05) is 32.8 Å². The summed E-state index contributed by atoms with van der Waals surface area (Å²) in [5, 5.41) is 0. The standard InChI is InChI=1S/C26H34N2O3/c1-3-27(4-2)19-25(29)28-18-12-11-17-23(28)24-20-30-26(31-24,21-13-7-5-8-14-21)22-15-9-6-10-16-22/h5-10,13-16,23-24H,3-4,11-12,17-20H2,1-2H3/t23?,24-/m0/s1. The van der Waals surface area contributed by atoms with Crippen molar-refractivity contribution in [2.24, 2.45) is 0 Å². The summed E-state index contributed by atoms with van der Waals surface area (Å²) in [4.78, 5) is 17.4. The zero-order chi connectivity index (χ0) is 21.7. The predicted octanol–water partition coefficient (Wildman–Crippen LogP) is 4.03. The van der Waals surface area contributed by atoms with Crippen molar-refractivity contribution >= 4 is 5.91 Å². The van der Waals surface area contributed by atoms with E-state index in [1.807, 2.05) is 36.4 Å². The van der Waals surface area contributed by atoms with E-state index in [1.165, 1.54) is 0 Å². The minimum Gasteiger partial charge on any atom is -0.339 e. The highest BCUT2D eigenvalue weighted by Gasteiger charge is 2.49. The number of benzene rings is 2. The highest BCUT2D eigenvalue weighted by atomic mass is 16.7. The van der Waals surface area contributed by atoms with E-state index in [2.05, 4.69) is 47.9 Å². The van der Waals surface area contributed by atoms with Crippen LogP contribution >= 0.6 is 0 Å². The highest BCUT2D eigenvalue weighted by Crippen LogP contribution is 2.42. The van der Waals surface area contributed by atoms with E-state index < -0.39 is 5.79 Å². The fraction of sp³-hybridized carbons (Fsp3) is 0.500. The van der Waals surface area contributed by atoms with Crippen LogP contribution in [0.1, 0.15) is 44.2 Å². The van der Waals surface area contributed by atoms with E-state index in [1.54, 1.807) is 0 Å². The molecule has 0 bridgehead atoms. The number of likely N-dealkylation sites (tertiary alicyclic amines) is 1. The summed E-state index contributed by atoms with van der Waals surface area (Å²) >= 11 is 0. The number of hydrogen-bond acceptors (Lipinski definition) is 4. The lowest BCUT2D eigenvalue weighted by Crippen LogP contribution is -2.53. The van der Waals surface area contributed by atoms with Gasteiger partial charge in [0.1, 0.15) is 6.10 Å². The fourth-order valence-electron chi connectivity index (χ4n) is 4.84. The summed E-state index contributed by atoms with van der Waals surface area (Å²) in [6, 6.07) is 20.3. The number of amides is 1. The van der Waals surface area contributed by atoms with E-state index in [9.17, 15) is 4.79 Å². The third-order valence-electron chi connectivity index (χ3n) is 6.63. The van der Waals surface area contributed by atoms with Crippen molar-refractivity contribution in [3.63, 3.8) is 0 Å². The molecule has 5 nitrogen and oxygen atoms in total. The molecule has 2 heterocycles. The molecule has 0 N–H and O–H groups in total. The number of hydrogen-bond donors (Lipinski definition) is 0. The van der Waals surface area contributed by atoms with Gasteiger partial charge >= 0.3 is 0 Å². The molecule has 2 saturated heterocycles. The number of carbonyl (C=O) groups excluding carboxylic acids is 1. The van der Waals surface area contributed by atoms with E-state index >= 15 is 0 Å². The number of likely N-dealkylation sites (N-methyl/N-ethyl adjacent to an activating group) is 1. The molecule has 2 aromatic carbocycles. The second-order valence-corrected chi connectivity index (χ2v) is 8.43. The molecule has 0 aliphatic carbocycles. The van der Waals surface area contributed by atoms with Crippen LogP contribution in [0.2, 0.25) is 0 Å². The normalized spacial score (nSPS) is 23.3. The minimum atomic E-state index is -0.932. The molecular weight excluding hydrogens is 388 g/mol. The summed E-state index contributed by atoms with van der Waals surface area (Å²) in [6.45, 7) is 7.72. The molecular formula is C26H34N2O3. The summed E-state index contributed by atoms with van der Waals surface area (Å²) < 4.78 is 13.2. The predicted molar refractivity (Wildman–Crippen MR) is 122 cm³/mol. The Morgan fingerprint density at radius 3 is 2.19 bits per heavy atom. The van der Waals surface area contributed by atoms with Crippen LogP contribution in [-0.2, 0) is 20.1 Å². The summed E-state index contributed by atoms with van der Waals surface area (Å²) in [5.41, 5.74) is 1.97. The molecule has 5 heteroatoms. The van der Waals surface area contributed by atoms with Crippen molar-refractivity contribution in [3.8, 4) is 0 Å². The van der Waals surface area contributed by atoms with Crippen LogP contribution in [0.15, 0.2) is 60.7 Å². The maximum atomic E-state index is 13.2. The molecule has 166 valence electrons. The summed E-state index contributed by atoms with van der Waals surface area (Å²) in [7, 11) is 0. The van der Waals surface area contributed by atoms with Gasteiger partial charge in [-0.2, -0.15) is 0 Å². The molecule has 31 heavy (non-hydrogen) atoms. The first-order chi connectivity index (χ1) is 15.2. The number of rotatable bonds is 7. The van der Waals surface area contributed by atoms with Crippen LogP contribution in [0.4, 0.5) is 0 Å². The highest BCUT2D eigenvalue weighted by molar-refractivity contribution is 5.78. The Morgan fingerprint density at radius 1 is 1.00 bits per heavy atom. The third kappa shape index (κ3) is 4.54. The van der Waals surface area contributed by atoms with Gasteiger partial charge in [0.15, 0.2) is 0 Å². The maximum absolute atomic E-state index is 13.2. The Kier molecular flexibility index (Phi) is 7.06. The van der Waals surface area contributed by atoms with Crippen molar-refractivity contribution in [1.29, 1.82) is 0 Å². The Labute approximate surface area is 185 Å². The number of piperidine rings is 1. The van der Waals surface area contributed by atoms with Crippen LogP contribution in [0.25, 0.3) is 0 Å². The van der Waals surface area contributed by atoms with Crippen LogP contribution in [0.5, 0.6) is 0 Å². The first kappa shape index (κ1) is 22.0. The van der Waals surface area contributed by atoms with Crippen LogP contribution < -0.4 is 0 Å². The zero-order valence-corrected chi connectivity index (χ0v) is 18.7. The van der Waals surface area contributed by atoms with E-state index in [0.717, 1.165) is 50.0 Å². The molecule has 1 amide bonds. The summed E-state index contributed by atoms with van der Waals surface area (Å²) in [5.74, 6) is -0.730. The number of carbonyl (C=O) groups is 1. The largest absolute Gasteiger partial charge is 0.339 e. The average Bonchev–Trinajstić information content (AvgIpc) is 3.30. The van der Waals surface area contributed by atoms with Gasteiger partial charge in [0.05, 0.1) is 19.2 Å². The first-order valence-electron chi connectivity index (χ1n) is 11.6.